The molecule has 0 aliphatic carbocycles. The molecule has 0 aromatic heterocycles. The van der Waals surface area contributed by atoms with Gasteiger partial charge in [0.1, 0.15) is 18.2 Å². The Morgan fingerprint density at radius 1 is 0.938 bits per heavy atom. The first-order valence-electron chi connectivity index (χ1n) is 10.9. The van der Waals surface area contributed by atoms with Crippen molar-refractivity contribution in [2.75, 3.05) is 18.4 Å². The summed E-state index contributed by atoms with van der Waals surface area (Å²) in [7, 11) is 0. The quantitative estimate of drug-likeness (QED) is 0.457. The molecular formula is C26H26ClFN2O2. The number of benzene rings is 3. The van der Waals surface area contributed by atoms with Gasteiger partial charge in [-0.05, 0) is 79.5 Å². The first-order valence-corrected chi connectivity index (χ1v) is 11.2. The molecule has 1 amide bonds. The highest BCUT2D eigenvalue weighted by atomic mass is 35.5. The van der Waals surface area contributed by atoms with Crippen LogP contribution < -0.4 is 10.1 Å². The highest BCUT2D eigenvalue weighted by Crippen LogP contribution is 2.27. The van der Waals surface area contributed by atoms with E-state index in [2.05, 4.69) is 22.3 Å². The van der Waals surface area contributed by atoms with Gasteiger partial charge in [-0.2, -0.15) is 0 Å². The number of carbonyl (C=O) groups excluding carboxylic acids is 1. The van der Waals surface area contributed by atoms with Gasteiger partial charge in [-0.1, -0.05) is 42.3 Å². The molecule has 0 atom stereocenters. The summed E-state index contributed by atoms with van der Waals surface area (Å²) in [5, 5.41) is 3.33. The molecule has 1 heterocycles. The van der Waals surface area contributed by atoms with E-state index in [0.717, 1.165) is 30.9 Å². The van der Waals surface area contributed by atoms with Crippen LogP contribution in [0.25, 0.3) is 0 Å². The summed E-state index contributed by atoms with van der Waals surface area (Å²) < 4.78 is 18.8. The van der Waals surface area contributed by atoms with Crippen molar-refractivity contribution in [3.05, 3.63) is 94.3 Å². The number of hydrogen-bond donors (Lipinski definition) is 1. The van der Waals surface area contributed by atoms with Crippen molar-refractivity contribution in [3.8, 4) is 5.75 Å². The summed E-state index contributed by atoms with van der Waals surface area (Å²) in [6, 6.07) is 18.9. The molecule has 4 rings (SSSR count). The lowest BCUT2D eigenvalue weighted by Gasteiger charge is -2.26. The number of amides is 1. The topological polar surface area (TPSA) is 41.6 Å². The van der Waals surface area contributed by atoms with E-state index in [1.54, 1.807) is 30.3 Å². The lowest BCUT2D eigenvalue weighted by Crippen LogP contribution is -2.29. The summed E-state index contributed by atoms with van der Waals surface area (Å²) in [5.74, 6) is -0.137. The van der Waals surface area contributed by atoms with Gasteiger partial charge in [0.2, 0.25) is 0 Å². The van der Waals surface area contributed by atoms with Crippen molar-refractivity contribution >= 4 is 23.2 Å². The Morgan fingerprint density at radius 2 is 1.62 bits per heavy atom. The largest absolute Gasteiger partial charge is 0.487 e. The van der Waals surface area contributed by atoms with E-state index in [1.807, 2.05) is 12.1 Å². The van der Waals surface area contributed by atoms with E-state index in [9.17, 15) is 9.18 Å². The molecule has 0 spiro atoms. The van der Waals surface area contributed by atoms with Gasteiger partial charge >= 0.3 is 0 Å². The summed E-state index contributed by atoms with van der Waals surface area (Å²) in [4.78, 5) is 15.2. The number of carbonyl (C=O) groups is 1. The SMILES string of the molecule is O=C(Nc1ccc(CN2CCCCC2)cc1)c1ccc(Cl)c(OCc2ccc(F)cc2)c1. The van der Waals surface area contributed by atoms with Crippen molar-refractivity contribution in [1.29, 1.82) is 0 Å². The Bertz CT molecular complexity index is 1050. The van der Waals surface area contributed by atoms with Gasteiger partial charge in [-0.15, -0.1) is 0 Å². The summed E-state index contributed by atoms with van der Waals surface area (Å²) in [6.07, 6.45) is 3.86. The molecule has 3 aromatic rings. The number of anilines is 1. The smallest absolute Gasteiger partial charge is 0.255 e. The number of rotatable bonds is 7. The number of nitrogens with zero attached hydrogens (tertiary/aromatic N) is 1. The first-order chi connectivity index (χ1) is 15.6. The average Bonchev–Trinajstić information content (AvgIpc) is 2.81. The average molecular weight is 453 g/mol. The number of nitrogens with one attached hydrogen (secondary N) is 1. The second-order valence-corrected chi connectivity index (χ2v) is 8.46. The third-order valence-electron chi connectivity index (χ3n) is 5.57. The molecule has 32 heavy (non-hydrogen) atoms. The normalized spacial score (nSPS) is 14.2. The van der Waals surface area contributed by atoms with Crippen LogP contribution in [0.5, 0.6) is 5.75 Å². The van der Waals surface area contributed by atoms with Gasteiger partial charge in [-0.25, -0.2) is 4.39 Å². The Kier molecular flexibility index (Phi) is 7.40. The van der Waals surface area contributed by atoms with E-state index in [4.69, 9.17) is 16.3 Å². The lowest BCUT2D eigenvalue weighted by atomic mass is 10.1. The van der Waals surface area contributed by atoms with Crippen LogP contribution in [0.15, 0.2) is 66.7 Å². The van der Waals surface area contributed by atoms with E-state index in [-0.39, 0.29) is 18.3 Å². The molecule has 1 N–H and O–H groups in total. The highest BCUT2D eigenvalue weighted by molar-refractivity contribution is 6.32. The Morgan fingerprint density at radius 3 is 2.34 bits per heavy atom. The first kappa shape index (κ1) is 22.3. The van der Waals surface area contributed by atoms with E-state index >= 15 is 0 Å². The van der Waals surface area contributed by atoms with E-state index < -0.39 is 0 Å². The van der Waals surface area contributed by atoms with Crippen LogP contribution >= 0.6 is 11.6 Å². The molecule has 0 radical (unpaired) electrons. The van der Waals surface area contributed by atoms with Crippen LogP contribution in [0.4, 0.5) is 10.1 Å². The van der Waals surface area contributed by atoms with Gasteiger partial charge in [0.15, 0.2) is 0 Å². The second-order valence-electron chi connectivity index (χ2n) is 8.05. The maximum Gasteiger partial charge on any atom is 0.255 e. The van der Waals surface area contributed by atoms with Crippen molar-refractivity contribution in [3.63, 3.8) is 0 Å². The van der Waals surface area contributed by atoms with Crippen LogP contribution in [-0.4, -0.2) is 23.9 Å². The second kappa shape index (κ2) is 10.6. The number of halogens is 2. The monoisotopic (exact) mass is 452 g/mol. The number of piperidine rings is 1. The minimum atomic E-state index is -0.301. The fraction of sp³-hybridized carbons (Fsp3) is 0.269. The van der Waals surface area contributed by atoms with Crippen LogP contribution in [0.1, 0.15) is 40.7 Å². The summed E-state index contributed by atoms with van der Waals surface area (Å²) >= 11 is 6.23. The molecule has 1 saturated heterocycles. The van der Waals surface area contributed by atoms with Crippen LogP contribution in [0.3, 0.4) is 0 Å². The minimum Gasteiger partial charge on any atom is -0.487 e. The fourth-order valence-corrected chi connectivity index (χ4v) is 3.94. The van der Waals surface area contributed by atoms with Gasteiger partial charge < -0.3 is 10.1 Å². The van der Waals surface area contributed by atoms with Crippen LogP contribution in [-0.2, 0) is 13.2 Å². The zero-order chi connectivity index (χ0) is 22.3. The molecule has 0 saturated carbocycles. The van der Waals surface area contributed by atoms with Crippen molar-refractivity contribution < 1.29 is 13.9 Å². The molecule has 6 heteroatoms. The molecule has 3 aromatic carbocycles. The Labute approximate surface area is 193 Å². The minimum absolute atomic E-state index is 0.226. The van der Waals surface area contributed by atoms with Gasteiger partial charge in [0.05, 0.1) is 5.02 Å². The van der Waals surface area contributed by atoms with E-state index in [1.165, 1.54) is 37.0 Å². The number of hydrogen-bond acceptors (Lipinski definition) is 3. The van der Waals surface area contributed by atoms with Gasteiger partial charge in [-0.3, -0.25) is 9.69 Å². The molecule has 4 nitrogen and oxygen atoms in total. The predicted molar refractivity (Wildman–Crippen MR) is 126 cm³/mol. The zero-order valence-corrected chi connectivity index (χ0v) is 18.6. The fourth-order valence-electron chi connectivity index (χ4n) is 3.77. The predicted octanol–water partition coefficient (Wildman–Crippen LogP) is 6.30. The highest BCUT2D eigenvalue weighted by Gasteiger charge is 2.12. The standard InChI is InChI=1S/C26H26ClFN2O2/c27-24-13-8-21(16-25(24)32-18-20-4-9-22(28)10-5-20)26(31)29-23-11-6-19(7-12-23)17-30-14-2-1-3-15-30/h4-13,16H,1-3,14-15,17-18H2,(H,29,31). The van der Waals surface area contributed by atoms with Crippen molar-refractivity contribution in [2.24, 2.45) is 0 Å². The molecule has 1 fully saturated rings. The molecule has 1 aliphatic heterocycles. The summed E-state index contributed by atoms with van der Waals surface area (Å²) in [5.41, 5.74) is 3.23. The maximum absolute atomic E-state index is 13.1. The summed E-state index contributed by atoms with van der Waals surface area (Å²) in [6.45, 7) is 3.48. The number of likely N-dealkylation sites (tertiary alicyclic amines) is 1. The third kappa shape index (κ3) is 6.09. The van der Waals surface area contributed by atoms with Crippen molar-refractivity contribution in [1.82, 2.24) is 4.90 Å². The van der Waals surface area contributed by atoms with Crippen molar-refractivity contribution in [2.45, 2.75) is 32.4 Å². The molecular weight excluding hydrogens is 427 g/mol. The Balaban J connectivity index is 1.36. The molecule has 1 aliphatic rings. The van der Waals surface area contributed by atoms with Crippen LogP contribution in [0.2, 0.25) is 5.02 Å². The molecule has 0 bridgehead atoms. The lowest BCUT2D eigenvalue weighted by molar-refractivity contribution is 0.102. The molecule has 166 valence electrons. The molecule has 0 unspecified atom stereocenters. The zero-order valence-electron chi connectivity index (χ0n) is 17.8. The number of ether oxygens (including phenoxy) is 1. The maximum atomic E-state index is 13.1. The van der Waals surface area contributed by atoms with E-state index in [0.29, 0.717) is 16.3 Å². The van der Waals surface area contributed by atoms with Crippen LogP contribution in [0, 0.1) is 5.82 Å². The Hall–Kier alpha value is -2.89. The third-order valence-corrected chi connectivity index (χ3v) is 5.88. The van der Waals surface area contributed by atoms with Gasteiger partial charge in [0.25, 0.3) is 5.91 Å². The van der Waals surface area contributed by atoms with Gasteiger partial charge in [0, 0.05) is 17.8 Å².